The van der Waals surface area contributed by atoms with Crippen LogP contribution in [0.15, 0.2) is 24.3 Å². The molecule has 116 valence electrons. The van der Waals surface area contributed by atoms with Crippen molar-refractivity contribution < 1.29 is 4.79 Å². The number of benzene rings is 1. The van der Waals surface area contributed by atoms with Crippen LogP contribution in [0.25, 0.3) is 0 Å². The second-order valence-electron chi connectivity index (χ2n) is 5.97. The summed E-state index contributed by atoms with van der Waals surface area (Å²) in [5.74, 6) is 0.0981. The molecule has 0 saturated carbocycles. The van der Waals surface area contributed by atoms with E-state index in [1.165, 1.54) is 19.3 Å². The van der Waals surface area contributed by atoms with Gasteiger partial charge in [0.1, 0.15) is 0 Å². The Bertz CT molecular complexity index is 469. The molecule has 0 bridgehead atoms. The molecule has 0 aliphatic carbocycles. The molecule has 0 spiro atoms. The Balaban J connectivity index is 2.11. The summed E-state index contributed by atoms with van der Waals surface area (Å²) in [6.45, 7) is 6.19. The van der Waals surface area contributed by atoms with Crippen LogP contribution in [-0.2, 0) is 4.79 Å². The molecule has 0 unspecified atom stereocenters. The average Bonchev–Trinajstić information content (AvgIpc) is 2.54. The van der Waals surface area contributed by atoms with Crippen LogP contribution < -0.4 is 16.0 Å². The van der Waals surface area contributed by atoms with Crippen molar-refractivity contribution in [2.45, 2.75) is 45.6 Å². The predicted molar refractivity (Wildman–Crippen MR) is 88.6 cm³/mol. The number of nitrogens with two attached hydrogens (primary N) is 1. The van der Waals surface area contributed by atoms with Gasteiger partial charge in [-0.2, -0.15) is 0 Å². The van der Waals surface area contributed by atoms with E-state index in [1.807, 2.05) is 25.1 Å². The van der Waals surface area contributed by atoms with Gasteiger partial charge in [-0.15, -0.1) is 0 Å². The number of nitrogens with one attached hydrogen (secondary N) is 1. The number of carbonyl (C=O) groups is 1. The molecule has 2 atom stereocenters. The Kier molecular flexibility index (Phi) is 5.62. The van der Waals surface area contributed by atoms with Crippen molar-refractivity contribution in [1.29, 1.82) is 0 Å². The zero-order valence-electron chi connectivity index (χ0n) is 13.1. The molecule has 1 amide bonds. The molecule has 4 nitrogen and oxygen atoms in total. The molecule has 1 heterocycles. The van der Waals surface area contributed by atoms with E-state index in [2.05, 4.69) is 23.2 Å². The number of piperidine rings is 1. The van der Waals surface area contributed by atoms with Crippen LogP contribution in [0.5, 0.6) is 0 Å². The van der Waals surface area contributed by atoms with Gasteiger partial charge in [-0.25, -0.2) is 0 Å². The first-order chi connectivity index (χ1) is 10.1. The summed E-state index contributed by atoms with van der Waals surface area (Å²) in [6, 6.07) is 7.57. The zero-order valence-corrected chi connectivity index (χ0v) is 13.1. The van der Waals surface area contributed by atoms with Crippen molar-refractivity contribution in [1.82, 2.24) is 0 Å². The van der Waals surface area contributed by atoms with E-state index < -0.39 is 6.04 Å². The lowest BCUT2D eigenvalue weighted by atomic mass is 9.99. The normalized spacial score (nSPS) is 18.1. The van der Waals surface area contributed by atoms with Crippen molar-refractivity contribution in [3.05, 3.63) is 24.3 Å². The van der Waals surface area contributed by atoms with Crippen LogP contribution in [0.4, 0.5) is 11.4 Å². The summed E-state index contributed by atoms with van der Waals surface area (Å²) < 4.78 is 0. The zero-order chi connectivity index (χ0) is 15.2. The number of para-hydroxylation sites is 2. The molecule has 1 aromatic rings. The van der Waals surface area contributed by atoms with E-state index in [0.717, 1.165) is 30.9 Å². The van der Waals surface area contributed by atoms with E-state index in [1.54, 1.807) is 0 Å². The summed E-state index contributed by atoms with van der Waals surface area (Å²) >= 11 is 0. The van der Waals surface area contributed by atoms with Gasteiger partial charge in [0.15, 0.2) is 0 Å². The van der Waals surface area contributed by atoms with E-state index in [0.29, 0.717) is 0 Å². The summed E-state index contributed by atoms with van der Waals surface area (Å²) in [7, 11) is 0. The molecule has 1 aliphatic rings. The third kappa shape index (κ3) is 3.97. The highest BCUT2D eigenvalue weighted by Crippen LogP contribution is 2.28. The number of hydrogen-bond acceptors (Lipinski definition) is 3. The molecule has 4 heteroatoms. The van der Waals surface area contributed by atoms with Crippen LogP contribution >= 0.6 is 0 Å². The summed E-state index contributed by atoms with van der Waals surface area (Å²) in [5.41, 5.74) is 8.01. The number of anilines is 2. The van der Waals surface area contributed by atoms with Crippen LogP contribution in [0.3, 0.4) is 0 Å². The highest BCUT2D eigenvalue weighted by Gasteiger charge is 2.21. The summed E-state index contributed by atoms with van der Waals surface area (Å²) in [6.07, 6.45) is 4.63. The van der Waals surface area contributed by atoms with Gasteiger partial charge in [0.25, 0.3) is 0 Å². The third-order valence-electron chi connectivity index (χ3n) is 4.42. The fourth-order valence-electron chi connectivity index (χ4n) is 2.72. The maximum atomic E-state index is 12.3. The molecule has 2 rings (SSSR count). The van der Waals surface area contributed by atoms with Crippen molar-refractivity contribution >= 4 is 17.3 Å². The van der Waals surface area contributed by atoms with Crippen molar-refractivity contribution in [3.8, 4) is 0 Å². The van der Waals surface area contributed by atoms with Crippen molar-refractivity contribution in [2.75, 3.05) is 23.3 Å². The SMILES string of the molecule is CC[C@H](C)[C@H](N)C(=O)Nc1ccccc1N1CCCCC1. The lowest BCUT2D eigenvalue weighted by molar-refractivity contribution is -0.118. The van der Waals surface area contributed by atoms with Crippen molar-refractivity contribution in [2.24, 2.45) is 11.7 Å². The van der Waals surface area contributed by atoms with Gasteiger partial charge in [-0.3, -0.25) is 4.79 Å². The quantitative estimate of drug-likeness (QED) is 0.876. The Hall–Kier alpha value is -1.55. The van der Waals surface area contributed by atoms with Gasteiger partial charge in [0.05, 0.1) is 17.4 Å². The van der Waals surface area contributed by atoms with Gasteiger partial charge < -0.3 is 16.0 Å². The smallest absolute Gasteiger partial charge is 0.241 e. The van der Waals surface area contributed by atoms with E-state index >= 15 is 0 Å². The number of rotatable bonds is 5. The molecule has 1 aromatic carbocycles. The first-order valence-corrected chi connectivity index (χ1v) is 8.04. The van der Waals surface area contributed by atoms with E-state index in [-0.39, 0.29) is 11.8 Å². The van der Waals surface area contributed by atoms with Gasteiger partial charge in [0.2, 0.25) is 5.91 Å². The first-order valence-electron chi connectivity index (χ1n) is 8.04. The van der Waals surface area contributed by atoms with Gasteiger partial charge in [-0.05, 0) is 37.3 Å². The Labute approximate surface area is 127 Å². The minimum absolute atomic E-state index is 0.0891. The monoisotopic (exact) mass is 289 g/mol. The number of amides is 1. The molecular formula is C17H27N3O. The molecule has 1 saturated heterocycles. The largest absolute Gasteiger partial charge is 0.370 e. The number of nitrogens with zero attached hydrogens (tertiary/aromatic N) is 1. The molecule has 0 radical (unpaired) electrons. The van der Waals surface area contributed by atoms with Crippen LogP contribution in [0.2, 0.25) is 0 Å². The highest BCUT2D eigenvalue weighted by atomic mass is 16.2. The molecule has 1 aliphatic heterocycles. The van der Waals surface area contributed by atoms with E-state index in [9.17, 15) is 4.79 Å². The number of hydrogen-bond donors (Lipinski definition) is 2. The molecular weight excluding hydrogens is 262 g/mol. The molecule has 0 aromatic heterocycles. The summed E-state index contributed by atoms with van der Waals surface area (Å²) in [5, 5.41) is 3.02. The van der Waals surface area contributed by atoms with Gasteiger partial charge in [-0.1, -0.05) is 32.4 Å². The molecule has 21 heavy (non-hydrogen) atoms. The Morgan fingerprint density at radius 3 is 2.62 bits per heavy atom. The Morgan fingerprint density at radius 2 is 1.95 bits per heavy atom. The Morgan fingerprint density at radius 1 is 1.29 bits per heavy atom. The lowest BCUT2D eigenvalue weighted by Crippen LogP contribution is -2.41. The summed E-state index contributed by atoms with van der Waals surface area (Å²) in [4.78, 5) is 14.6. The molecule has 1 fully saturated rings. The minimum atomic E-state index is -0.454. The molecule has 3 N–H and O–H groups in total. The fraction of sp³-hybridized carbons (Fsp3) is 0.588. The maximum Gasteiger partial charge on any atom is 0.241 e. The second kappa shape index (κ2) is 7.46. The standard InChI is InChI=1S/C17H27N3O/c1-3-13(2)16(18)17(21)19-14-9-5-6-10-15(14)20-11-7-4-8-12-20/h5-6,9-10,13,16H,3-4,7-8,11-12,18H2,1-2H3,(H,19,21)/t13-,16-/m0/s1. The third-order valence-corrected chi connectivity index (χ3v) is 4.42. The van der Waals surface area contributed by atoms with Crippen molar-refractivity contribution in [3.63, 3.8) is 0 Å². The van der Waals surface area contributed by atoms with Crippen LogP contribution in [-0.4, -0.2) is 25.0 Å². The highest BCUT2D eigenvalue weighted by molar-refractivity contribution is 5.97. The van der Waals surface area contributed by atoms with Crippen LogP contribution in [0.1, 0.15) is 39.5 Å². The minimum Gasteiger partial charge on any atom is -0.370 e. The second-order valence-corrected chi connectivity index (χ2v) is 5.97. The average molecular weight is 289 g/mol. The van der Waals surface area contributed by atoms with E-state index in [4.69, 9.17) is 5.73 Å². The fourth-order valence-corrected chi connectivity index (χ4v) is 2.72. The predicted octanol–water partition coefficient (Wildman–Crippen LogP) is 2.99. The van der Waals surface area contributed by atoms with Gasteiger partial charge >= 0.3 is 0 Å². The van der Waals surface area contributed by atoms with Gasteiger partial charge in [0, 0.05) is 13.1 Å². The topological polar surface area (TPSA) is 58.4 Å². The number of carbonyl (C=O) groups excluding carboxylic acids is 1. The lowest BCUT2D eigenvalue weighted by Gasteiger charge is -2.31. The maximum absolute atomic E-state index is 12.3. The first kappa shape index (κ1) is 15.8. The van der Waals surface area contributed by atoms with Crippen LogP contribution in [0, 0.1) is 5.92 Å².